The lowest BCUT2D eigenvalue weighted by Crippen LogP contribution is -2.56. The minimum Gasteiger partial charge on any atom is -0.335 e. The van der Waals surface area contributed by atoms with Gasteiger partial charge in [0.1, 0.15) is 6.04 Å². The normalized spacial score (nSPS) is 31.2. The number of carbonyl (C=O) groups is 1. The summed E-state index contributed by atoms with van der Waals surface area (Å²) in [5, 5.41) is 8.17. The second-order valence-electron chi connectivity index (χ2n) is 6.19. The first-order valence-corrected chi connectivity index (χ1v) is 7.15. The van der Waals surface area contributed by atoms with E-state index in [-0.39, 0.29) is 6.04 Å². The van der Waals surface area contributed by atoms with Crippen molar-refractivity contribution in [2.75, 3.05) is 0 Å². The lowest BCUT2D eigenvalue weighted by atomic mass is 10.00. The molecule has 2 heterocycles. The lowest BCUT2D eigenvalue weighted by Gasteiger charge is -2.31. The molecule has 116 valence electrons. The monoisotopic (exact) mass is 293 g/mol. The molecular formula is C13H22F3N3O. The van der Waals surface area contributed by atoms with Crippen molar-refractivity contribution < 1.29 is 18.0 Å². The number of piperidine rings is 1. The van der Waals surface area contributed by atoms with Crippen LogP contribution in [0.5, 0.6) is 0 Å². The molecule has 2 unspecified atom stereocenters. The van der Waals surface area contributed by atoms with Crippen LogP contribution in [0.25, 0.3) is 0 Å². The van der Waals surface area contributed by atoms with Gasteiger partial charge in [0, 0.05) is 18.1 Å². The number of hydrogen-bond acceptors (Lipinski definition) is 2. The van der Waals surface area contributed by atoms with Gasteiger partial charge < -0.3 is 16.0 Å². The molecule has 2 bridgehead atoms. The van der Waals surface area contributed by atoms with Gasteiger partial charge in [0.25, 0.3) is 0 Å². The van der Waals surface area contributed by atoms with Crippen molar-refractivity contribution in [3.05, 3.63) is 0 Å². The van der Waals surface area contributed by atoms with Gasteiger partial charge in [-0.3, -0.25) is 0 Å². The Morgan fingerprint density at radius 3 is 2.20 bits per heavy atom. The zero-order valence-corrected chi connectivity index (χ0v) is 11.8. The van der Waals surface area contributed by atoms with Gasteiger partial charge in [-0.15, -0.1) is 0 Å². The highest BCUT2D eigenvalue weighted by Gasteiger charge is 2.43. The lowest BCUT2D eigenvalue weighted by molar-refractivity contribution is -0.162. The number of hydrogen-bond donors (Lipinski definition) is 3. The summed E-state index contributed by atoms with van der Waals surface area (Å²) < 4.78 is 38.4. The van der Waals surface area contributed by atoms with E-state index < -0.39 is 24.2 Å². The van der Waals surface area contributed by atoms with Crippen LogP contribution in [0, 0.1) is 5.92 Å². The predicted molar refractivity (Wildman–Crippen MR) is 69.3 cm³/mol. The Morgan fingerprint density at radius 2 is 1.75 bits per heavy atom. The van der Waals surface area contributed by atoms with Gasteiger partial charge in [-0.2, -0.15) is 13.2 Å². The molecule has 2 aliphatic heterocycles. The van der Waals surface area contributed by atoms with Crippen LogP contribution in [0.15, 0.2) is 0 Å². The highest BCUT2D eigenvalue weighted by atomic mass is 19.4. The number of amides is 2. The van der Waals surface area contributed by atoms with E-state index in [0.717, 1.165) is 25.7 Å². The summed E-state index contributed by atoms with van der Waals surface area (Å²) in [6.45, 7) is 2.90. The maximum Gasteiger partial charge on any atom is 0.408 e. The molecule has 2 aliphatic rings. The zero-order valence-electron chi connectivity index (χ0n) is 11.8. The topological polar surface area (TPSA) is 53.2 Å². The molecule has 4 nitrogen and oxygen atoms in total. The van der Waals surface area contributed by atoms with Crippen LogP contribution >= 0.6 is 0 Å². The number of alkyl halides is 3. The molecule has 0 spiro atoms. The molecule has 0 aliphatic carbocycles. The van der Waals surface area contributed by atoms with E-state index in [1.807, 2.05) is 0 Å². The van der Waals surface area contributed by atoms with Gasteiger partial charge in [0.05, 0.1) is 0 Å². The molecule has 3 N–H and O–H groups in total. The predicted octanol–water partition coefficient (Wildman–Crippen LogP) is 2.16. The van der Waals surface area contributed by atoms with Crippen LogP contribution in [0.4, 0.5) is 18.0 Å². The molecule has 2 saturated heterocycles. The molecule has 0 aromatic rings. The summed E-state index contributed by atoms with van der Waals surface area (Å²) in [5.74, 6) is -0.690. The molecule has 0 radical (unpaired) electrons. The van der Waals surface area contributed by atoms with Crippen molar-refractivity contribution in [1.29, 1.82) is 0 Å². The summed E-state index contributed by atoms with van der Waals surface area (Å²) in [4.78, 5) is 11.8. The third kappa shape index (κ3) is 3.77. The first-order valence-electron chi connectivity index (χ1n) is 7.15. The molecule has 0 aromatic carbocycles. The van der Waals surface area contributed by atoms with Gasteiger partial charge in [-0.05, 0) is 31.6 Å². The van der Waals surface area contributed by atoms with Gasteiger partial charge in [0.2, 0.25) is 0 Å². The Labute approximate surface area is 116 Å². The average molecular weight is 293 g/mol. The van der Waals surface area contributed by atoms with Gasteiger partial charge >= 0.3 is 12.2 Å². The Morgan fingerprint density at radius 1 is 1.20 bits per heavy atom. The third-order valence-electron chi connectivity index (χ3n) is 4.11. The number of fused-ring (bicyclic) bond motifs is 2. The van der Waals surface area contributed by atoms with Crippen molar-refractivity contribution >= 4 is 6.03 Å². The van der Waals surface area contributed by atoms with E-state index in [0.29, 0.717) is 12.1 Å². The minimum absolute atomic E-state index is 0.0326. The fourth-order valence-corrected chi connectivity index (χ4v) is 3.17. The van der Waals surface area contributed by atoms with Crippen molar-refractivity contribution in [2.24, 2.45) is 5.92 Å². The van der Waals surface area contributed by atoms with Crippen LogP contribution in [-0.2, 0) is 0 Å². The van der Waals surface area contributed by atoms with E-state index in [1.165, 1.54) is 13.8 Å². The number of nitrogens with one attached hydrogen (secondary N) is 3. The highest BCUT2D eigenvalue weighted by Crippen LogP contribution is 2.27. The molecule has 0 saturated carbocycles. The molecule has 0 aromatic heterocycles. The van der Waals surface area contributed by atoms with Crippen molar-refractivity contribution in [2.45, 2.75) is 69.9 Å². The van der Waals surface area contributed by atoms with Crippen molar-refractivity contribution in [3.8, 4) is 0 Å². The standard InChI is InChI=1S/C13H22F3N3O/c1-7(2)11(13(14,15)16)19-12(20)18-10-5-8-3-4-9(6-10)17-8/h7-11,17H,3-6H2,1-2H3,(H2,18,19,20)/t8?,9?,10?,11-/m0/s1. The minimum atomic E-state index is -4.42. The maximum absolute atomic E-state index is 12.8. The molecule has 3 atom stereocenters. The SMILES string of the molecule is CC(C)[C@H](NC(=O)NC1CC2CCC(C1)N2)C(F)(F)F. The second-order valence-corrected chi connectivity index (χ2v) is 6.19. The summed E-state index contributed by atoms with van der Waals surface area (Å²) >= 11 is 0. The van der Waals surface area contributed by atoms with Gasteiger partial charge in [-0.25, -0.2) is 4.79 Å². The molecular weight excluding hydrogens is 271 g/mol. The summed E-state index contributed by atoms with van der Waals surface area (Å²) in [5.41, 5.74) is 0. The summed E-state index contributed by atoms with van der Waals surface area (Å²) in [7, 11) is 0. The zero-order chi connectivity index (χ0) is 14.9. The fraction of sp³-hybridized carbons (Fsp3) is 0.923. The average Bonchev–Trinajstić information content (AvgIpc) is 2.64. The molecule has 2 amide bonds. The quantitative estimate of drug-likeness (QED) is 0.747. The Kier molecular flexibility index (Phi) is 4.46. The van der Waals surface area contributed by atoms with E-state index >= 15 is 0 Å². The molecule has 2 fully saturated rings. The van der Waals surface area contributed by atoms with E-state index in [9.17, 15) is 18.0 Å². The van der Waals surface area contributed by atoms with Gasteiger partial charge in [-0.1, -0.05) is 13.8 Å². The van der Waals surface area contributed by atoms with E-state index in [4.69, 9.17) is 0 Å². The fourth-order valence-electron chi connectivity index (χ4n) is 3.17. The van der Waals surface area contributed by atoms with Crippen LogP contribution in [0.2, 0.25) is 0 Å². The largest absolute Gasteiger partial charge is 0.408 e. The number of rotatable bonds is 3. The Balaban J connectivity index is 1.85. The molecule has 20 heavy (non-hydrogen) atoms. The van der Waals surface area contributed by atoms with Crippen LogP contribution < -0.4 is 16.0 Å². The summed E-state index contributed by atoms with van der Waals surface area (Å²) in [6, 6.07) is -1.77. The summed E-state index contributed by atoms with van der Waals surface area (Å²) in [6.07, 6.45) is -0.660. The Hall–Kier alpha value is -0.980. The third-order valence-corrected chi connectivity index (χ3v) is 4.11. The molecule has 2 rings (SSSR count). The van der Waals surface area contributed by atoms with Crippen molar-refractivity contribution in [3.63, 3.8) is 0 Å². The van der Waals surface area contributed by atoms with E-state index in [2.05, 4.69) is 16.0 Å². The first kappa shape index (κ1) is 15.4. The number of halogens is 3. The Bertz CT molecular complexity index is 347. The highest BCUT2D eigenvalue weighted by molar-refractivity contribution is 5.74. The van der Waals surface area contributed by atoms with Crippen LogP contribution in [0.1, 0.15) is 39.5 Å². The smallest absolute Gasteiger partial charge is 0.335 e. The van der Waals surface area contributed by atoms with Crippen LogP contribution in [-0.4, -0.2) is 36.4 Å². The van der Waals surface area contributed by atoms with Crippen LogP contribution in [0.3, 0.4) is 0 Å². The molecule has 7 heteroatoms. The maximum atomic E-state index is 12.8. The van der Waals surface area contributed by atoms with Crippen molar-refractivity contribution in [1.82, 2.24) is 16.0 Å². The van der Waals surface area contributed by atoms with E-state index in [1.54, 1.807) is 0 Å². The second kappa shape index (κ2) is 5.79. The van der Waals surface area contributed by atoms with Gasteiger partial charge in [0.15, 0.2) is 0 Å². The number of urea groups is 1. The number of carbonyl (C=O) groups excluding carboxylic acids is 1. The first-order chi connectivity index (χ1) is 9.25.